The Balaban J connectivity index is -0.000000108. The van der Waals surface area contributed by atoms with Gasteiger partial charge in [0.05, 0.1) is 19.8 Å². The minimum Gasteiger partial charge on any atom is -0.726 e. The van der Waals surface area contributed by atoms with E-state index in [-0.39, 0.29) is 57.1 Å². The molecule has 22 heavy (non-hydrogen) atoms. The molecular weight excluding hydrogens is 528 g/mol. The molecular formula is C6H15ErO12S3. The van der Waals surface area contributed by atoms with Crippen LogP contribution in [0.3, 0.4) is 0 Å². The van der Waals surface area contributed by atoms with E-state index in [0.29, 0.717) is 0 Å². The fraction of sp³-hybridized carbons (Fsp3) is 1.00. The van der Waals surface area contributed by atoms with E-state index in [4.69, 9.17) is 0 Å². The maximum Gasteiger partial charge on any atom is 3.00 e. The predicted molar refractivity (Wildman–Crippen MR) is 64.0 cm³/mol. The van der Waals surface area contributed by atoms with Gasteiger partial charge in [-0.1, -0.05) is 0 Å². The standard InChI is InChI=1S/3C2H6O4S.Er/c3*1-2-6-7(3,4)5;/h3*2H2,1H3,(H,3,4,5);/q;;;+3/p-3. The molecule has 0 spiro atoms. The maximum absolute atomic E-state index is 9.45. The summed E-state index contributed by atoms with van der Waals surface area (Å²) < 4.78 is 96.0. The van der Waals surface area contributed by atoms with Gasteiger partial charge in [0, 0.05) is 0 Å². The number of hydrogen-bond acceptors (Lipinski definition) is 12. The summed E-state index contributed by atoms with van der Waals surface area (Å²) in [6, 6.07) is 0. The van der Waals surface area contributed by atoms with Crippen LogP contribution in [0.25, 0.3) is 0 Å². The van der Waals surface area contributed by atoms with Gasteiger partial charge in [-0.3, -0.25) is 12.5 Å². The van der Waals surface area contributed by atoms with Gasteiger partial charge in [-0.25, -0.2) is 25.3 Å². The third-order valence-electron chi connectivity index (χ3n) is 0.787. The van der Waals surface area contributed by atoms with Crippen LogP contribution in [0.5, 0.6) is 0 Å². The Morgan fingerprint density at radius 2 is 0.727 bits per heavy atom. The van der Waals surface area contributed by atoms with Crippen LogP contribution in [-0.4, -0.2) is 58.7 Å². The molecule has 1 radical (unpaired) electrons. The van der Waals surface area contributed by atoms with Gasteiger partial charge < -0.3 is 13.7 Å². The summed E-state index contributed by atoms with van der Waals surface area (Å²) in [5, 5.41) is 0. The third-order valence-corrected chi connectivity index (χ3v) is 2.36. The Bertz CT molecular complexity index is 455. The van der Waals surface area contributed by atoms with Crippen LogP contribution in [-0.2, 0) is 43.7 Å². The van der Waals surface area contributed by atoms with E-state index in [0.717, 1.165) is 0 Å². The number of rotatable bonds is 6. The fourth-order valence-corrected chi connectivity index (χ4v) is 1.30. The first-order valence-corrected chi connectivity index (χ1v) is 8.99. The summed E-state index contributed by atoms with van der Waals surface area (Å²) in [4.78, 5) is 0. The Labute approximate surface area is 159 Å². The van der Waals surface area contributed by atoms with Crippen molar-refractivity contribution in [2.24, 2.45) is 0 Å². The topological polar surface area (TPSA) is 199 Å². The molecule has 12 nitrogen and oxygen atoms in total. The van der Waals surface area contributed by atoms with Crippen molar-refractivity contribution in [2.75, 3.05) is 19.8 Å². The minimum absolute atomic E-state index is 0. The summed E-state index contributed by atoms with van der Waals surface area (Å²) in [5.74, 6) is 0. The van der Waals surface area contributed by atoms with Crippen LogP contribution < -0.4 is 0 Å². The van der Waals surface area contributed by atoms with Gasteiger partial charge in [0.2, 0.25) is 31.2 Å². The number of hydrogen-bond donors (Lipinski definition) is 0. The zero-order valence-electron chi connectivity index (χ0n) is 11.5. The Morgan fingerprint density at radius 3 is 0.727 bits per heavy atom. The molecule has 0 unspecified atom stereocenters. The van der Waals surface area contributed by atoms with Gasteiger partial charge >= 0.3 is 37.3 Å². The average Bonchev–Trinajstić information content (AvgIpc) is 2.12. The fourth-order valence-electron chi connectivity index (χ4n) is 0.433. The first-order chi connectivity index (χ1) is 9.18. The molecule has 0 aliphatic carbocycles. The van der Waals surface area contributed by atoms with E-state index in [1.165, 1.54) is 20.8 Å². The predicted octanol–water partition coefficient (Wildman–Crippen LogP) is -1.55. The molecule has 0 aromatic heterocycles. The summed E-state index contributed by atoms with van der Waals surface area (Å²) in [7, 11) is -13.3. The summed E-state index contributed by atoms with van der Waals surface area (Å²) in [6.45, 7) is 4.00. The van der Waals surface area contributed by atoms with Crippen molar-refractivity contribution < 1.29 is 88.8 Å². The van der Waals surface area contributed by atoms with Gasteiger partial charge in [0.1, 0.15) is 0 Å². The molecule has 0 aromatic carbocycles. The van der Waals surface area contributed by atoms with E-state index in [9.17, 15) is 38.9 Å². The van der Waals surface area contributed by atoms with Gasteiger partial charge in [-0.15, -0.1) is 0 Å². The smallest absolute Gasteiger partial charge is 0.726 e. The van der Waals surface area contributed by atoms with E-state index in [1.807, 2.05) is 0 Å². The second-order valence-corrected chi connectivity index (χ2v) is 5.60. The SMILES string of the molecule is CCOS(=O)(=O)[O-].CCOS(=O)(=O)[O-].CCOS(=O)(=O)[O-].[Er+3]. The van der Waals surface area contributed by atoms with Crippen LogP contribution in [0.15, 0.2) is 0 Å². The molecule has 0 aromatic rings. The first-order valence-electron chi connectivity index (χ1n) is 4.99. The molecule has 16 heteroatoms. The normalized spacial score (nSPS) is 11.2. The Morgan fingerprint density at radius 1 is 0.591 bits per heavy atom. The van der Waals surface area contributed by atoms with Crippen LogP contribution in [0.1, 0.15) is 20.8 Å². The monoisotopic (exact) mass is 541 g/mol. The van der Waals surface area contributed by atoms with Crippen molar-refractivity contribution in [3.8, 4) is 0 Å². The van der Waals surface area contributed by atoms with E-state index >= 15 is 0 Å². The Kier molecular flexibility index (Phi) is 21.5. The largest absolute Gasteiger partial charge is 3.00 e. The molecule has 0 bridgehead atoms. The van der Waals surface area contributed by atoms with Crippen molar-refractivity contribution >= 4 is 31.2 Å². The molecule has 0 saturated heterocycles. The van der Waals surface area contributed by atoms with Crippen LogP contribution >= 0.6 is 0 Å². The van der Waals surface area contributed by atoms with E-state index in [1.54, 1.807) is 0 Å². The molecule has 0 atom stereocenters. The maximum atomic E-state index is 9.45. The van der Waals surface area contributed by atoms with Gasteiger partial charge in [-0.05, 0) is 20.8 Å². The average molecular weight is 543 g/mol. The molecule has 0 amide bonds. The molecule has 0 N–H and O–H groups in total. The zero-order valence-corrected chi connectivity index (χ0v) is 15.8. The van der Waals surface area contributed by atoms with Crippen LogP contribution in [0.2, 0.25) is 0 Å². The van der Waals surface area contributed by atoms with Crippen molar-refractivity contribution in [3.05, 3.63) is 0 Å². The molecule has 0 fully saturated rings. The summed E-state index contributed by atoms with van der Waals surface area (Å²) in [5.41, 5.74) is 0. The van der Waals surface area contributed by atoms with Crippen LogP contribution in [0, 0.1) is 37.3 Å². The Hall–Kier alpha value is 0.857. The quantitative estimate of drug-likeness (QED) is 0.277. The van der Waals surface area contributed by atoms with E-state index in [2.05, 4.69) is 12.5 Å². The summed E-state index contributed by atoms with van der Waals surface area (Å²) in [6.07, 6.45) is 0. The van der Waals surface area contributed by atoms with Crippen molar-refractivity contribution in [1.82, 2.24) is 0 Å². The molecule has 0 aliphatic rings. The van der Waals surface area contributed by atoms with Gasteiger partial charge in [-0.2, -0.15) is 0 Å². The van der Waals surface area contributed by atoms with Crippen molar-refractivity contribution in [3.63, 3.8) is 0 Å². The zero-order chi connectivity index (χ0) is 17.7. The van der Waals surface area contributed by atoms with Gasteiger partial charge in [0.25, 0.3) is 0 Å². The molecule has 0 aliphatic heterocycles. The second kappa shape index (κ2) is 15.4. The molecule has 0 heterocycles. The molecule has 0 saturated carbocycles. The van der Waals surface area contributed by atoms with E-state index < -0.39 is 31.2 Å². The second-order valence-electron chi connectivity index (χ2n) is 2.44. The molecule has 0 rings (SSSR count). The minimum atomic E-state index is -4.42. The van der Waals surface area contributed by atoms with Crippen molar-refractivity contribution in [2.45, 2.75) is 20.8 Å². The first kappa shape index (κ1) is 30.7. The van der Waals surface area contributed by atoms with Crippen LogP contribution in [0.4, 0.5) is 0 Å². The van der Waals surface area contributed by atoms with Gasteiger partial charge in [0.15, 0.2) is 0 Å². The third kappa shape index (κ3) is 49.8. The van der Waals surface area contributed by atoms with Crippen molar-refractivity contribution in [1.29, 1.82) is 0 Å². The summed E-state index contributed by atoms with van der Waals surface area (Å²) >= 11 is 0. The molecule has 141 valence electrons.